The van der Waals surface area contributed by atoms with Gasteiger partial charge in [-0.05, 0) is 43.3 Å². The summed E-state index contributed by atoms with van der Waals surface area (Å²) in [4.78, 5) is 35.3. The van der Waals surface area contributed by atoms with Crippen molar-refractivity contribution < 1.29 is 19.1 Å². The van der Waals surface area contributed by atoms with Gasteiger partial charge in [0.25, 0.3) is 0 Å². The monoisotopic (exact) mass is 324 g/mol. The number of ketones is 1. The van der Waals surface area contributed by atoms with E-state index in [0.29, 0.717) is 22.7 Å². The average Bonchev–Trinajstić information content (AvgIpc) is 2.56. The summed E-state index contributed by atoms with van der Waals surface area (Å²) in [5.41, 5.74) is 1.82. The van der Waals surface area contributed by atoms with Crippen LogP contribution in [0.2, 0.25) is 0 Å². The summed E-state index contributed by atoms with van der Waals surface area (Å²) in [5.74, 6) is -0.394. The Labute approximate surface area is 138 Å². The Morgan fingerprint density at radius 3 is 2.54 bits per heavy atom. The number of ether oxygens (including phenoxy) is 1. The highest BCUT2D eigenvalue weighted by molar-refractivity contribution is 5.98. The van der Waals surface area contributed by atoms with Crippen LogP contribution in [-0.2, 0) is 9.59 Å². The minimum atomic E-state index is -0.739. The number of hydrogen-bond acceptors (Lipinski definition) is 5. The van der Waals surface area contributed by atoms with E-state index in [-0.39, 0.29) is 18.1 Å². The standard InChI is InChI=1S/C18H16N2O4/c1-11(21)12-6-8-13(9-7-12)19-17(22)10-15-18(23)24-16-5-3-2-4-14(16)20-15/h2-9,15,20H,10H2,1H3,(H,19,22). The first kappa shape index (κ1) is 15.7. The number of anilines is 2. The number of amides is 1. The van der Waals surface area contributed by atoms with Crippen LogP contribution < -0.4 is 15.4 Å². The third-order valence-corrected chi connectivity index (χ3v) is 3.68. The van der Waals surface area contributed by atoms with Crippen molar-refractivity contribution in [3.05, 3.63) is 54.1 Å². The predicted octanol–water partition coefficient (Wildman–Crippen LogP) is 2.62. The van der Waals surface area contributed by atoms with E-state index in [1.54, 1.807) is 42.5 Å². The lowest BCUT2D eigenvalue weighted by atomic mass is 10.1. The maximum Gasteiger partial charge on any atom is 0.334 e. The second-order valence-electron chi connectivity index (χ2n) is 5.50. The number of rotatable bonds is 4. The average molecular weight is 324 g/mol. The van der Waals surface area contributed by atoms with Gasteiger partial charge in [0.1, 0.15) is 6.04 Å². The summed E-state index contributed by atoms with van der Waals surface area (Å²) in [7, 11) is 0. The van der Waals surface area contributed by atoms with Gasteiger partial charge in [0.05, 0.1) is 12.1 Å². The number of hydrogen-bond donors (Lipinski definition) is 2. The minimum Gasteiger partial charge on any atom is -0.423 e. The molecule has 0 aliphatic carbocycles. The lowest BCUT2D eigenvalue weighted by molar-refractivity contribution is -0.137. The minimum absolute atomic E-state index is 0.0410. The molecule has 1 amide bonds. The normalized spacial score (nSPS) is 15.7. The lowest BCUT2D eigenvalue weighted by Crippen LogP contribution is -2.39. The number of Topliss-reactive ketones (excluding diaryl/α,β-unsaturated/α-hetero) is 1. The van der Waals surface area contributed by atoms with E-state index in [1.807, 2.05) is 6.07 Å². The van der Waals surface area contributed by atoms with Crippen LogP contribution in [0.15, 0.2) is 48.5 Å². The Bertz CT molecular complexity index is 799. The summed E-state index contributed by atoms with van der Waals surface area (Å²) in [6.07, 6.45) is -0.0539. The van der Waals surface area contributed by atoms with Gasteiger partial charge in [0.15, 0.2) is 11.5 Å². The van der Waals surface area contributed by atoms with Gasteiger partial charge in [-0.2, -0.15) is 0 Å². The second kappa shape index (κ2) is 6.54. The van der Waals surface area contributed by atoms with Crippen LogP contribution in [0.5, 0.6) is 5.75 Å². The van der Waals surface area contributed by atoms with E-state index >= 15 is 0 Å². The SMILES string of the molecule is CC(=O)c1ccc(NC(=O)CC2Nc3ccccc3OC2=O)cc1. The quantitative estimate of drug-likeness (QED) is 0.513. The highest BCUT2D eigenvalue weighted by atomic mass is 16.5. The number of fused-ring (bicyclic) bond motifs is 1. The molecule has 2 aromatic rings. The molecule has 0 fully saturated rings. The molecule has 6 nitrogen and oxygen atoms in total. The molecule has 0 spiro atoms. The molecule has 1 unspecified atom stereocenters. The maximum atomic E-state index is 12.1. The fourth-order valence-electron chi connectivity index (χ4n) is 2.42. The van der Waals surface area contributed by atoms with Gasteiger partial charge in [-0.15, -0.1) is 0 Å². The van der Waals surface area contributed by atoms with Crippen molar-refractivity contribution >= 4 is 29.0 Å². The van der Waals surface area contributed by atoms with Crippen LogP contribution in [0.25, 0.3) is 0 Å². The number of benzene rings is 2. The third kappa shape index (κ3) is 3.43. The Hall–Kier alpha value is -3.15. The summed E-state index contributed by atoms with van der Waals surface area (Å²) < 4.78 is 5.22. The van der Waals surface area contributed by atoms with Crippen molar-refractivity contribution in [1.29, 1.82) is 0 Å². The Balaban J connectivity index is 1.63. The first-order chi connectivity index (χ1) is 11.5. The van der Waals surface area contributed by atoms with E-state index < -0.39 is 12.0 Å². The van der Waals surface area contributed by atoms with Gasteiger partial charge < -0.3 is 15.4 Å². The van der Waals surface area contributed by atoms with Crippen molar-refractivity contribution in [3.63, 3.8) is 0 Å². The van der Waals surface area contributed by atoms with Crippen molar-refractivity contribution in [2.24, 2.45) is 0 Å². The topological polar surface area (TPSA) is 84.5 Å². The molecule has 1 atom stereocenters. The third-order valence-electron chi connectivity index (χ3n) is 3.68. The van der Waals surface area contributed by atoms with Crippen molar-refractivity contribution in [3.8, 4) is 5.75 Å². The molecule has 122 valence electrons. The van der Waals surface area contributed by atoms with E-state index in [2.05, 4.69) is 10.6 Å². The summed E-state index contributed by atoms with van der Waals surface area (Å²) in [6.45, 7) is 1.48. The van der Waals surface area contributed by atoms with E-state index in [4.69, 9.17) is 4.74 Å². The lowest BCUT2D eigenvalue weighted by Gasteiger charge is -2.25. The largest absolute Gasteiger partial charge is 0.423 e. The van der Waals surface area contributed by atoms with Crippen molar-refractivity contribution in [2.75, 3.05) is 10.6 Å². The molecule has 2 aromatic carbocycles. The van der Waals surface area contributed by atoms with Crippen molar-refractivity contribution in [2.45, 2.75) is 19.4 Å². The maximum absolute atomic E-state index is 12.1. The van der Waals surface area contributed by atoms with Crippen LogP contribution in [0.3, 0.4) is 0 Å². The molecule has 0 saturated heterocycles. The molecular weight excluding hydrogens is 308 g/mol. The van der Waals surface area contributed by atoms with Crippen LogP contribution >= 0.6 is 0 Å². The van der Waals surface area contributed by atoms with Gasteiger partial charge in [0.2, 0.25) is 5.91 Å². The molecule has 0 bridgehead atoms. The first-order valence-corrected chi connectivity index (χ1v) is 7.51. The Morgan fingerprint density at radius 2 is 1.83 bits per heavy atom. The fraction of sp³-hybridized carbons (Fsp3) is 0.167. The highest BCUT2D eigenvalue weighted by Crippen LogP contribution is 2.29. The molecule has 2 N–H and O–H groups in total. The second-order valence-corrected chi connectivity index (χ2v) is 5.50. The Kier molecular flexibility index (Phi) is 4.29. The number of carbonyl (C=O) groups excluding carboxylic acids is 3. The number of para-hydroxylation sites is 2. The molecule has 1 aliphatic rings. The number of esters is 1. The molecule has 0 saturated carbocycles. The fourth-order valence-corrected chi connectivity index (χ4v) is 2.42. The van der Waals surface area contributed by atoms with E-state index in [0.717, 1.165) is 0 Å². The highest BCUT2D eigenvalue weighted by Gasteiger charge is 2.29. The van der Waals surface area contributed by atoms with Gasteiger partial charge >= 0.3 is 5.97 Å². The molecule has 6 heteroatoms. The zero-order valence-corrected chi connectivity index (χ0v) is 13.0. The van der Waals surface area contributed by atoms with Gasteiger partial charge in [-0.1, -0.05) is 12.1 Å². The zero-order valence-electron chi connectivity index (χ0n) is 13.0. The van der Waals surface area contributed by atoms with E-state index in [9.17, 15) is 14.4 Å². The molecule has 24 heavy (non-hydrogen) atoms. The molecule has 1 aliphatic heterocycles. The molecule has 3 rings (SSSR count). The van der Waals surface area contributed by atoms with Crippen LogP contribution in [0.4, 0.5) is 11.4 Å². The first-order valence-electron chi connectivity index (χ1n) is 7.51. The van der Waals surface area contributed by atoms with Crippen molar-refractivity contribution in [1.82, 2.24) is 0 Å². The smallest absolute Gasteiger partial charge is 0.334 e. The van der Waals surface area contributed by atoms with Gasteiger partial charge in [-0.3, -0.25) is 9.59 Å². The van der Waals surface area contributed by atoms with Gasteiger partial charge in [0, 0.05) is 11.3 Å². The van der Waals surface area contributed by atoms with Gasteiger partial charge in [-0.25, -0.2) is 4.79 Å². The zero-order chi connectivity index (χ0) is 17.1. The number of nitrogens with one attached hydrogen (secondary N) is 2. The van der Waals surface area contributed by atoms with Crippen LogP contribution in [0, 0.1) is 0 Å². The number of carbonyl (C=O) groups is 3. The van der Waals surface area contributed by atoms with Crippen LogP contribution in [0.1, 0.15) is 23.7 Å². The molecular formula is C18H16N2O4. The van der Waals surface area contributed by atoms with E-state index in [1.165, 1.54) is 6.92 Å². The summed E-state index contributed by atoms with van der Waals surface area (Å²) in [6, 6.07) is 12.9. The summed E-state index contributed by atoms with van der Waals surface area (Å²) in [5, 5.41) is 5.71. The summed E-state index contributed by atoms with van der Waals surface area (Å²) >= 11 is 0. The van der Waals surface area contributed by atoms with Crippen LogP contribution in [-0.4, -0.2) is 23.7 Å². The predicted molar refractivity (Wildman–Crippen MR) is 89.2 cm³/mol. The molecule has 1 heterocycles. The molecule has 0 aromatic heterocycles. The molecule has 0 radical (unpaired) electrons. The Morgan fingerprint density at radius 1 is 1.12 bits per heavy atom.